The van der Waals surface area contributed by atoms with Gasteiger partial charge in [0.25, 0.3) is 5.91 Å². The molecule has 36 heavy (non-hydrogen) atoms. The van der Waals surface area contributed by atoms with Crippen molar-refractivity contribution in [3.8, 4) is 17.0 Å². The first-order chi connectivity index (χ1) is 17.6. The van der Waals surface area contributed by atoms with Gasteiger partial charge in [-0.1, -0.05) is 48.5 Å². The van der Waals surface area contributed by atoms with Gasteiger partial charge in [0.1, 0.15) is 5.75 Å². The van der Waals surface area contributed by atoms with Gasteiger partial charge >= 0.3 is 0 Å². The number of aromatic nitrogens is 1. The van der Waals surface area contributed by atoms with Crippen LogP contribution in [0.4, 0.5) is 0 Å². The smallest absolute Gasteiger partial charge is 0.252 e. The fourth-order valence-electron chi connectivity index (χ4n) is 4.96. The number of hydrogen-bond donors (Lipinski definition) is 1. The highest BCUT2D eigenvalue weighted by molar-refractivity contribution is 6.07. The summed E-state index contributed by atoms with van der Waals surface area (Å²) in [6, 6.07) is 27.7. The van der Waals surface area contributed by atoms with Crippen molar-refractivity contribution in [2.75, 3.05) is 33.4 Å². The molecule has 1 saturated heterocycles. The predicted octanol–water partition coefficient (Wildman–Crippen LogP) is 5.10. The van der Waals surface area contributed by atoms with Crippen molar-refractivity contribution in [3.63, 3.8) is 0 Å². The lowest BCUT2D eigenvalue weighted by Crippen LogP contribution is -2.48. The van der Waals surface area contributed by atoms with Gasteiger partial charge in [0, 0.05) is 30.1 Å². The second kappa shape index (κ2) is 10.9. The summed E-state index contributed by atoms with van der Waals surface area (Å²) in [6.07, 6.45) is 0. The summed E-state index contributed by atoms with van der Waals surface area (Å²) in [4.78, 5) is 21.0. The standard InChI is InChI=1S/C30H31N3O3/c1-21(29(23-8-4-3-5-9-23)33-16-18-36-19-17-33)31-30(34)26-20-28(22-12-14-24(35-2)15-13-22)32-27-11-7-6-10-25(26)27/h3-15,20-21,29H,16-19H2,1-2H3,(H,31,34)/t21-,29+/m0/s1. The number of ether oxygens (including phenoxy) is 2. The summed E-state index contributed by atoms with van der Waals surface area (Å²) in [7, 11) is 1.65. The summed E-state index contributed by atoms with van der Waals surface area (Å²) >= 11 is 0. The predicted molar refractivity (Wildman–Crippen MR) is 142 cm³/mol. The summed E-state index contributed by atoms with van der Waals surface area (Å²) in [5.74, 6) is 0.673. The molecule has 1 aliphatic heterocycles. The van der Waals surface area contributed by atoms with E-state index in [0.717, 1.165) is 41.0 Å². The van der Waals surface area contributed by atoms with Crippen LogP contribution in [0.1, 0.15) is 28.9 Å². The zero-order valence-corrected chi connectivity index (χ0v) is 20.7. The lowest BCUT2D eigenvalue weighted by molar-refractivity contribution is 0.00889. The number of fused-ring (bicyclic) bond motifs is 1. The SMILES string of the molecule is COc1ccc(-c2cc(C(=O)N[C@@H](C)[C@H](c3ccccc3)N3CCOCC3)c3ccccc3n2)cc1. The number of hydrogen-bond acceptors (Lipinski definition) is 5. The Labute approximate surface area is 211 Å². The molecule has 2 atom stereocenters. The van der Waals surface area contributed by atoms with E-state index in [2.05, 4.69) is 41.4 Å². The van der Waals surface area contributed by atoms with Crippen LogP contribution in [0.3, 0.4) is 0 Å². The van der Waals surface area contributed by atoms with E-state index in [-0.39, 0.29) is 18.0 Å². The Morgan fingerprint density at radius 2 is 1.67 bits per heavy atom. The highest BCUT2D eigenvalue weighted by Crippen LogP contribution is 2.28. The van der Waals surface area contributed by atoms with Gasteiger partial charge in [-0.25, -0.2) is 4.98 Å². The van der Waals surface area contributed by atoms with Gasteiger partial charge in [0.15, 0.2) is 0 Å². The Hall–Kier alpha value is -3.74. The fourth-order valence-corrected chi connectivity index (χ4v) is 4.96. The molecule has 1 aromatic heterocycles. The van der Waals surface area contributed by atoms with E-state index in [9.17, 15) is 4.79 Å². The molecule has 1 amide bonds. The van der Waals surface area contributed by atoms with Crippen LogP contribution in [0.2, 0.25) is 0 Å². The first kappa shape index (κ1) is 24.0. The number of rotatable bonds is 7. The minimum Gasteiger partial charge on any atom is -0.497 e. The number of amides is 1. The maximum absolute atomic E-state index is 13.8. The van der Waals surface area contributed by atoms with Gasteiger partial charge in [-0.3, -0.25) is 9.69 Å². The molecule has 0 aliphatic carbocycles. The van der Waals surface area contributed by atoms with E-state index in [1.165, 1.54) is 5.56 Å². The highest BCUT2D eigenvalue weighted by Gasteiger charge is 2.29. The number of morpholine rings is 1. The number of methoxy groups -OCH3 is 1. The quantitative estimate of drug-likeness (QED) is 0.398. The number of para-hydroxylation sites is 1. The van der Waals surface area contributed by atoms with E-state index in [0.29, 0.717) is 18.8 Å². The molecule has 0 unspecified atom stereocenters. The Bertz CT molecular complexity index is 1320. The van der Waals surface area contributed by atoms with Crippen molar-refractivity contribution in [3.05, 3.63) is 96.1 Å². The molecule has 6 heteroatoms. The molecule has 2 heterocycles. The van der Waals surface area contributed by atoms with Gasteiger partial charge in [0.05, 0.1) is 43.1 Å². The molecule has 0 saturated carbocycles. The first-order valence-electron chi connectivity index (χ1n) is 12.4. The third kappa shape index (κ3) is 5.10. The van der Waals surface area contributed by atoms with Crippen LogP contribution in [0.25, 0.3) is 22.2 Å². The van der Waals surface area contributed by atoms with Crippen molar-refractivity contribution in [2.24, 2.45) is 0 Å². The van der Waals surface area contributed by atoms with E-state index < -0.39 is 0 Å². The van der Waals surface area contributed by atoms with Crippen molar-refractivity contribution in [1.82, 2.24) is 15.2 Å². The first-order valence-corrected chi connectivity index (χ1v) is 12.4. The molecule has 6 nitrogen and oxygen atoms in total. The number of benzene rings is 3. The Morgan fingerprint density at radius 3 is 2.39 bits per heavy atom. The molecule has 0 spiro atoms. The zero-order valence-electron chi connectivity index (χ0n) is 20.7. The largest absolute Gasteiger partial charge is 0.497 e. The van der Waals surface area contributed by atoms with Crippen molar-refractivity contribution in [1.29, 1.82) is 0 Å². The van der Waals surface area contributed by atoms with Crippen LogP contribution in [-0.4, -0.2) is 55.2 Å². The van der Waals surface area contributed by atoms with Crippen LogP contribution in [0, 0.1) is 0 Å². The van der Waals surface area contributed by atoms with E-state index in [1.54, 1.807) is 7.11 Å². The molecule has 1 fully saturated rings. The average Bonchev–Trinajstić information content (AvgIpc) is 2.93. The van der Waals surface area contributed by atoms with E-state index in [1.807, 2.05) is 60.7 Å². The number of pyridine rings is 1. The second-order valence-electron chi connectivity index (χ2n) is 9.07. The van der Waals surface area contributed by atoms with Crippen LogP contribution in [0.15, 0.2) is 84.9 Å². The van der Waals surface area contributed by atoms with E-state index in [4.69, 9.17) is 14.5 Å². The third-order valence-electron chi connectivity index (χ3n) is 6.76. The molecule has 0 radical (unpaired) electrons. The molecule has 1 N–H and O–H groups in total. The Balaban J connectivity index is 1.48. The maximum atomic E-state index is 13.8. The number of carbonyl (C=O) groups is 1. The number of carbonyl (C=O) groups excluding carboxylic acids is 1. The number of nitrogens with zero attached hydrogens (tertiary/aromatic N) is 2. The van der Waals surface area contributed by atoms with E-state index >= 15 is 0 Å². The minimum atomic E-state index is -0.116. The van der Waals surface area contributed by atoms with Gasteiger partial charge in [0.2, 0.25) is 0 Å². The van der Waals surface area contributed by atoms with Gasteiger partial charge in [-0.05, 0) is 48.9 Å². The summed E-state index contributed by atoms with van der Waals surface area (Å²) in [6.45, 7) is 5.15. The molecule has 184 valence electrons. The second-order valence-corrected chi connectivity index (χ2v) is 9.07. The molecule has 0 bridgehead atoms. The topological polar surface area (TPSA) is 63.7 Å². The van der Waals surface area contributed by atoms with Gasteiger partial charge in [-0.2, -0.15) is 0 Å². The molecular formula is C30H31N3O3. The Kier molecular flexibility index (Phi) is 7.26. The van der Waals surface area contributed by atoms with Crippen LogP contribution < -0.4 is 10.1 Å². The average molecular weight is 482 g/mol. The lowest BCUT2D eigenvalue weighted by Gasteiger charge is -2.38. The fraction of sp³-hybridized carbons (Fsp3) is 0.267. The molecule has 4 aromatic rings. The van der Waals surface area contributed by atoms with Crippen molar-refractivity contribution in [2.45, 2.75) is 19.0 Å². The zero-order chi connectivity index (χ0) is 24.9. The van der Waals surface area contributed by atoms with Gasteiger partial charge in [-0.15, -0.1) is 0 Å². The number of nitrogens with one attached hydrogen (secondary N) is 1. The van der Waals surface area contributed by atoms with Crippen LogP contribution in [-0.2, 0) is 4.74 Å². The summed E-state index contributed by atoms with van der Waals surface area (Å²) in [5, 5.41) is 4.15. The summed E-state index contributed by atoms with van der Waals surface area (Å²) < 4.78 is 10.9. The van der Waals surface area contributed by atoms with Crippen molar-refractivity contribution < 1.29 is 14.3 Å². The van der Waals surface area contributed by atoms with Gasteiger partial charge < -0.3 is 14.8 Å². The Morgan fingerprint density at radius 1 is 0.972 bits per heavy atom. The van der Waals surface area contributed by atoms with Crippen LogP contribution >= 0.6 is 0 Å². The van der Waals surface area contributed by atoms with Crippen LogP contribution in [0.5, 0.6) is 5.75 Å². The molecule has 3 aromatic carbocycles. The molecule has 1 aliphatic rings. The lowest BCUT2D eigenvalue weighted by atomic mass is 9.97. The minimum absolute atomic E-state index is 0.0493. The molecule has 5 rings (SSSR count). The molecular weight excluding hydrogens is 450 g/mol. The highest BCUT2D eigenvalue weighted by atomic mass is 16.5. The van der Waals surface area contributed by atoms with Crippen molar-refractivity contribution >= 4 is 16.8 Å². The monoisotopic (exact) mass is 481 g/mol. The normalized spacial score (nSPS) is 15.8. The maximum Gasteiger partial charge on any atom is 0.252 e. The summed E-state index contributed by atoms with van der Waals surface area (Å²) in [5.41, 5.74) is 4.27. The third-order valence-corrected chi connectivity index (χ3v) is 6.76.